The maximum absolute atomic E-state index is 12.4. The molecule has 1 aliphatic rings. The fourth-order valence-corrected chi connectivity index (χ4v) is 4.22. The average molecular weight is 439 g/mol. The number of hydrogen-bond acceptors (Lipinski definition) is 9. The van der Waals surface area contributed by atoms with Crippen molar-refractivity contribution >= 4 is 15.7 Å². The molecule has 0 aliphatic carbocycles. The second kappa shape index (κ2) is 10.5. The molecule has 0 spiro atoms. The van der Waals surface area contributed by atoms with Crippen LogP contribution in [0.1, 0.15) is 22.9 Å². The van der Waals surface area contributed by atoms with E-state index in [2.05, 4.69) is 20.4 Å². The highest BCUT2D eigenvalue weighted by Gasteiger charge is 2.19. The lowest BCUT2D eigenvalue weighted by Crippen LogP contribution is -2.38. The topological polar surface area (TPSA) is 124 Å². The van der Waals surface area contributed by atoms with Crippen LogP contribution in [0, 0.1) is 0 Å². The number of rotatable bonds is 10. The molecule has 1 fully saturated rings. The minimum absolute atomic E-state index is 0.0438. The Bertz CT molecular complexity index is 923. The number of sulfone groups is 1. The van der Waals surface area contributed by atoms with E-state index < -0.39 is 15.7 Å². The number of aryl methyl sites for hydroxylation is 1. The summed E-state index contributed by atoms with van der Waals surface area (Å²) in [6.07, 6.45) is 0.842. The molecule has 30 heavy (non-hydrogen) atoms. The van der Waals surface area contributed by atoms with Crippen LogP contribution < -0.4 is 10.1 Å². The Balaban J connectivity index is 1.43. The van der Waals surface area contributed by atoms with Crippen LogP contribution in [0.3, 0.4) is 0 Å². The predicted octanol–water partition coefficient (Wildman–Crippen LogP) is 0.547. The molecule has 3 rings (SSSR count). The van der Waals surface area contributed by atoms with Crippen LogP contribution in [-0.2, 0) is 21.0 Å². The molecule has 1 aliphatic heterocycles. The van der Waals surface area contributed by atoms with Gasteiger partial charge in [0, 0.05) is 26.1 Å². The van der Waals surface area contributed by atoms with Gasteiger partial charge >= 0.3 is 11.8 Å². The van der Waals surface area contributed by atoms with Crippen LogP contribution in [0.5, 0.6) is 5.75 Å². The Labute approximate surface area is 175 Å². The second-order valence-electron chi connectivity index (χ2n) is 6.82. The molecule has 2 heterocycles. The van der Waals surface area contributed by atoms with Crippen LogP contribution in [0.2, 0.25) is 0 Å². The lowest BCUT2D eigenvalue weighted by molar-refractivity contribution is 0.0374. The molecule has 0 atom stereocenters. The van der Waals surface area contributed by atoms with E-state index in [4.69, 9.17) is 14.0 Å². The summed E-state index contributed by atoms with van der Waals surface area (Å²) in [6, 6.07) is 6.14. The normalized spacial score (nSPS) is 15.1. The number of carbonyl (C=O) groups is 1. The summed E-state index contributed by atoms with van der Waals surface area (Å²) in [7, 11) is -2.00. The third kappa shape index (κ3) is 6.25. The minimum Gasteiger partial charge on any atom is -0.497 e. The first-order valence-electron chi connectivity index (χ1n) is 9.75. The van der Waals surface area contributed by atoms with Crippen molar-refractivity contribution in [3.05, 3.63) is 36.0 Å². The van der Waals surface area contributed by atoms with Gasteiger partial charge in [-0.3, -0.25) is 9.69 Å². The largest absolute Gasteiger partial charge is 0.497 e. The van der Waals surface area contributed by atoms with E-state index in [1.165, 1.54) is 19.2 Å². The van der Waals surface area contributed by atoms with Crippen molar-refractivity contribution in [2.45, 2.75) is 17.7 Å². The Kier molecular flexibility index (Phi) is 7.77. The van der Waals surface area contributed by atoms with Gasteiger partial charge < -0.3 is 19.3 Å². The summed E-state index contributed by atoms with van der Waals surface area (Å²) in [4.78, 5) is 18.6. The van der Waals surface area contributed by atoms with Crippen molar-refractivity contribution in [2.75, 3.05) is 52.3 Å². The van der Waals surface area contributed by atoms with Gasteiger partial charge in [-0.1, -0.05) is 5.16 Å². The standard InChI is InChI=1S/C19H26N4O6S/c1-27-15-3-5-16(6-4-15)30(25,26)14-7-17-21-19(29-22-17)18(24)20-8-2-9-23-10-12-28-13-11-23/h3-6H,2,7-14H2,1H3,(H,20,24). The number of benzene rings is 1. The van der Waals surface area contributed by atoms with E-state index >= 15 is 0 Å². The number of amides is 1. The number of aromatic nitrogens is 2. The van der Waals surface area contributed by atoms with Gasteiger partial charge in [0.2, 0.25) is 0 Å². The Hall–Kier alpha value is -2.50. The maximum Gasteiger partial charge on any atom is 0.315 e. The lowest BCUT2D eigenvalue weighted by atomic mass is 10.3. The number of carbonyl (C=O) groups excluding carboxylic acids is 1. The Morgan fingerprint density at radius 3 is 2.67 bits per heavy atom. The van der Waals surface area contributed by atoms with Gasteiger partial charge in [-0.15, -0.1) is 0 Å². The zero-order valence-electron chi connectivity index (χ0n) is 16.9. The fourth-order valence-electron chi connectivity index (χ4n) is 2.98. The third-order valence-corrected chi connectivity index (χ3v) is 6.45. The number of morpholine rings is 1. The van der Waals surface area contributed by atoms with Crippen LogP contribution in [0.4, 0.5) is 0 Å². The van der Waals surface area contributed by atoms with Crippen molar-refractivity contribution in [3.63, 3.8) is 0 Å². The Morgan fingerprint density at radius 2 is 1.97 bits per heavy atom. The van der Waals surface area contributed by atoms with Crippen LogP contribution in [0.15, 0.2) is 33.7 Å². The average Bonchev–Trinajstić information content (AvgIpc) is 3.25. The monoisotopic (exact) mass is 438 g/mol. The molecule has 1 amide bonds. The van der Waals surface area contributed by atoms with Crippen molar-refractivity contribution in [1.82, 2.24) is 20.4 Å². The first-order chi connectivity index (χ1) is 14.5. The number of ether oxygens (including phenoxy) is 2. The molecule has 10 nitrogen and oxygen atoms in total. The molecule has 1 saturated heterocycles. The van der Waals surface area contributed by atoms with Gasteiger partial charge in [-0.05, 0) is 37.2 Å². The molecule has 164 valence electrons. The van der Waals surface area contributed by atoms with E-state index in [0.29, 0.717) is 12.3 Å². The highest BCUT2D eigenvalue weighted by molar-refractivity contribution is 7.91. The summed E-state index contributed by atoms with van der Waals surface area (Å²) in [5, 5.41) is 6.45. The van der Waals surface area contributed by atoms with Gasteiger partial charge in [0.25, 0.3) is 0 Å². The summed E-state index contributed by atoms with van der Waals surface area (Å²) >= 11 is 0. The smallest absolute Gasteiger partial charge is 0.315 e. The van der Waals surface area contributed by atoms with Crippen molar-refractivity contribution in [1.29, 1.82) is 0 Å². The molecular weight excluding hydrogens is 412 g/mol. The van der Waals surface area contributed by atoms with Crippen LogP contribution in [0.25, 0.3) is 0 Å². The summed E-state index contributed by atoms with van der Waals surface area (Å²) in [5.74, 6) is -0.0790. The third-order valence-electron chi connectivity index (χ3n) is 4.72. The highest BCUT2D eigenvalue weighted by atomic mass is 32.2. The summed E-state index contributed by atoms with van der Waals surface area (Å²) in [6.45, 7) is 4.65. The first-order valence-corrected chi connectivity index (χ1v) is 11.4. The van der Waals surface area contributed by atoms with Crippen molar-refractivity contribution in [3.8, 4) is 5.75 Å². The fraction of sp³-hybridized carbons (Fsp3) is 0.526. The van der Waals surface area contributed by atoms with E-state index in [1.54, 1.807) is 12.1 Å². The van der Waals surface area contributed by atoms with Crippen molar-refractivity contribution in [2.24, 2.45) is 0 Å². The number of nitrogens with one attached hydrogen (secondary N) is 1. The number of nitrogens with zero attached hydrogens (tertiary/aromatic N) is 3. The molecule has 1 aromatic carbocycles. The van der Waals surface area contributed by atoms with Gasteiger partial charge in [-0.2, -0.15) is 4.98 Å². The number of hydrogen-bond donors (Lipinski definition) is 1. The van der Waals surface area contributed by atoms with Crippen molar-refractivity contribution < 1.29 is 27.2 Å². The zero-order valence-corrected chi connectivity index (χ0v) is 17.7. The Morgan fingerprint density at radius 1 is 1.23 bits per heavy atom. The van der Waals surface area contributed by atoms with E-state index in [1.807, 2.05) is 0 Å². The molecule has 2 aromatic rings. The van der Waals surface area contributed by atoms with Gasteiger partial charge in [0.15, 0.2) is 15.7 Å². The van der Waals surface area contributed by atoms with E-state index in [-0.39, 0.29) is 28.8 Å². The zero-order chi connectivity index (χ0) is 21.4. The second-order valence-corrected chi connectivity index (χ2v) is 8.93. The molecule has 1 aromatic heterocycles. The molecule has 0 saturated carbocycles. The quantitative estimate of drug-likeness (QED) is 0.529. The molecule has 0 unspecified atom stereocenters. The maximum atomic E-state index is 12.4. The van der Waals surface area contributed by atoms with Crippen LogP contribution in [-0.4, -0.2) is 81.6 Å². The lowest BCUT2D eigenvalue weighted by Gasteiger charge is -2.26. The highest BCUT2D eigenvalue weighted by Crippen LogP contribution is 2.17. The number of methoxy groups -OCH3 is 1. The van der Waals surface area contributed by atoms with Gasteiger partial charge in [0.05, 0.1) is 31.0 Å². The van der Waals surface area contributed by atoms with Crippen LogP contribution >= 0.6 is 0 Å². The molecule has 0 bridgehead atoms. The molecule has 11 heteroatoms. The first kappa shape index (κ1) is 22.2. The summed E-state index contributed by atoms with van der Waals surface area (Å²) in [5.41, 5.74) is 0. The van der Waals surface area contributed by atoms with E-state index in [9.17, 15) is 13.2 Å². The molecular formula is C19H26N4O6S. The minimum atomic E-state index is -3.51. The molecule has 1 N–H and O–H groups in total. The SMILES string of the molecule is COc1ccc(S(=O)(=O)CCc2noc(C(=O)NCCCN3CCOCC3)n2)cc1. The van der Waals surface area contributed by atoms with Gasteiger partial charge in [-0.25, -0.2) is 8.42 Å². The molecule has 0 radical (unpaired) electrons. The van der Waals surface area contributed by atoms with E-state index in [0.717, 1.165) is 39.3 Å². The summed E-state index contributed by atoms with van der Waals surface area (Å²) < 4.78 is 40.2. The van der Waals surface area contributed by atoms with Gasteiger partial charge in [0.1, 0.15) is 5.75 Å². The predicted molar refractivity (Wildman–Crippen MR) is 107 cm³/mol.